The van der Waals surface area contributed by atoms with Crippen LogP contribution in [0.4, 0.5) is 0 Å². The predicted octanol–water partition coefficient (Wildman–Crippen LogP) is 5.10. The summed E-state index contributed by atoms with van der Waals surface area (Å²) in [6.07, 6.45) is 0.833. The summed E-state index contributed by atoms with van der Waals surface area (Å²) in [7, 11) is 0. The van der Waals surface area contributed by atoms with Gasteiger partial charge in [0.05, 0.1) is 6.61 Å². The van der Waals surface area contributed by atoms with Crippen LogP contribution in [0.3, 0.4) is 0 Å². The zero-order valence-corrected chi connectivity index (χ0v) is 11.0. The summed E-state index contributed by atoms with van der Waals surface area (Å²) in [6, 6.07) is 14.6. The molecule has 0 spiro atoms. The van der Waals surface area contributed by atoms with E-state index in [-0.39, 0.29) is 0 Å². The van der Waals surface area contributed by atoms with Crippen molar-refractivity contribution in [3.05, 3.63) is 48.0 Å². The number of hydrogen-bond acceptors (Lipinski definition) is 1. The topological polar surface area (TPSA) is 9.23 Å². The Kier molecular flexibility index (Phi) is 4.43. The summed E-state index contributed by atoms with van der Waals surface area (Å²) >= 11 is 11.1. The Hall–Kier alpha value is -0.330. The van der Waals surface area contributed by atoms with E-state index in [4.69, 9.17) is 27.0 Å². The minimum absolute atomic E-state index is 0.562. The van der Waals surface area contributed by atoms with E-state index >= 15 is 0 Å². The molecule has 0 bridgehead atoms. The minimum atomic E-state index is -1.30. The van der Waals surface area contributed by atoms with Gasteiger partial charge in [0, 0.05) is 0 Å². The molecule has 0 saturated heterocycles. The minimum Gasteiger partial charge on any atom is -0.331 e. The van der Waals surface area contributed by atoms with Gasteiger partial charge in [0.2, 0.25) is 6.85 Å². The first-order chi connectivity index (χ1) is 7.77. The third-order valence-corrected chi connectivity index (χ3v) is 3.40. The predicted molar refractivity (Wildman–Crippen MR) is 72.2 cm³/mol. The highest BCUT2D eigenvalue weighted by atomic mass is 35.9. The summed E-state index contributed by atoms with van der Waals surface area (Å²) in [4.78, 5) is 0. The van der Waals surface area contributed by atoms with E-state index < -0.39 is 6.85 Å². The van der Waals surface area contributed by atoms with Crippen molar-refractivity contribution in [3.8, 4) is 0 Å². The van der Waals surface area contributed by atoms with Crippen LogP contribution in [0.2, 0.25) is 0 Å². The lowest BCUT2D eigenvalue weighted by Crippen LogP contribution is -1.93. The molecule has 0 saturated carbocycles. The first-order valence-corrected chi connectivity index (χ1v) is 8.05. The summed E-state index contributed by atoms with van der Waals surface area (Å²) in [6.45, 7) is -0.733. The molecule has 84 valence electrons. The molecule has 0 aliphatic carbocycles. The fourth-order valence-corrected chi connectivity index (χ4v) is 2.38. The van der Waals surface area contributed by atoms with Crippen LogP contribution in [0.25, 0.3) is 10.8 Å². The lowest BCUT2D eigenvalue weighted by Gasteiger charge is -2.07. The smallest absolute Gasteiger partial charge is 0.225 e. The molecule has 0 unspecified atom stereocenters. The molecule has 0 aliphatic heterocycles. The first-order valence-electron chi connectivity index (χ1n) is 4.98. The second-order valence-electron chi connectivity index (χ2n) is 3.42. The molecule has 0 heterocycles. The van der Waals surface area contributed by atoms with Crippen LogP contribution >= 0.6 is 29.3 Å². The number of hydrogen-bond donors (Lipinski definition) is 0. The van der Waals surface area contributed by atoms with E-state index in [0.717, 1.165) is 6.42 Å². The summed E-state index contributed by atoms with van der Waals surface area (Å²) in [5, 5.41) is 2.51. The molecule has 2 rings (SSSR count). The first kappa shape index (κ1) is 12.1. The van der Waals surface area contributed by atoms with Crippen molar-refractivity contribution < 1.29 is 4.52 Å². The van der Waals surface area contributed by atoms with Gasteiger partial charge in [-0.05, 0) is 45.2 Å². The molecule has 1 nitrogen and oxygen atoms in total. The lowest BCUT2D eigenvalue weighted by molar-refractivity contribution is 0.371. The van der Waals surface area contributed by atoms with Gasteiger partial charge in [-0.2, -0.15) is 0 Å². The molecule has 0 N–H and O–H groups in total. The Bertz CT molecular complexity index is 468. The SMILES string of the molecule is ClP(Cl)OCCc1cccc2ccccc12. The average molecular weight is 273 g/mol. The molecule has 4 heteroatoms. The van der Waals surface area contributed by atoms with E-state index in [1.165, 1.54) is 16.3 Å². The van der Waals surface area contributed by atoms with Gasteiger partial charge < -0.3 is 4.52 Å². The Balaban J connectivity index is 2.17. The van der Waals surface area contributed by atoms with E-state index in [2.05, 4.69) is 30.3 Å². The van der Waals surface area contributed by atoms with E-state index in [1.807, 2.05) is 12.1 Å². The van der Waals surface area contributed by atoms with Crippen LogP contribution in [0.15, 0.2) is 42.5 Å². The molecule has 16 heavy (non-hydrogen) atoms. The Morgan fingerprint density at radius 2 is 1.75 bits per heavy atom. The Morgan fingerprint density at radius 1 is 1.00 bits per heavy atom. The van der Waals surface area contributed by atoms with Crippen LogP contribution in [0.5, 0.6) is 0 Å². The lowest BCUT2D eigenvalue weighted by atomic mass is 10.0. The fourth-order valence-electron chi connectivity index (χ4n) is 1.74. The highest BCUT2D eigenvalue weighted by Gasteiger charge is 2.02. The van der Waals surface area contributed by atoms with Gasteiger partial charge in [-0.15, -0.1) is 0 Å². The van der Waals surface area contributed by atoms with Crippen LogP contribution < -0.4 is 0 Å². The van der Waals surface area contributed by atoms with Crippen LogP contribution in [0.1, 0.15) is 5.56 Å². The fraction of sp³-hybridized carbons (Fsp3) is 0.167. The van der Waals surface area contributed by atoms with Crippen molar-refractivity contribution >= 4 is 40.1 Å². The zero-order valence-electron chi connectivity index (χ0n) is 8.57. The number of halogens is 2. The average Bonchev–Trinajstić information content (AvgIpc) is 2.29. The maximum Gasteiger partial charge on any atom is 0.225 e. The van der Waals surface area contributed by atoms with Crippen molar-refractivity contribution in [2.75, 3.05) is 6.61 Å². The van der Waals surface area contributed by atoms with Gasteiger partial charge in [-0.1, -0.05) is 42.5 Å². The molecular formula is C12H11Cl2OP. The van der Waals surface area contributed by atoms with Crippen molar-refractivity contribution in [3.63, 3.8) is 0 Å². The number of benzene rings is 2. The highest BCUT2D eigenvalue weighted by molar-refractivity contribution is 8.00. The second kappa shape index (κ2) is 5.84. The number of rotatable bonds is 4. The standard InChI is InChI=1S/C12H11Cl2OP/c13-16(14)15-9-8-11-6-3-5-10-4-1-2-7-12(10)11/h1-7H,8-9H2. The van der Waals surface area contributed by atoms with Crippen molar-refractivity contribution in [1.82, 2.24) is 0 Å². The molecule has 0 fully saturated rings. The Labute approximate surface area is 106 Å². The zero-order chi connectivity index (χ0) is 11.4. The van der Waals surface area contributed by atoms with Gasteiger partial charge in [-0.25, -0.2) is 0 Å². The molecule has 0 aromatic heterocycles. The van der Waals surface area contributed by atoms with Gasteiger partial charge >= 0.3 is 0 Å². The Morgan fingerprint density at radius 3 is 2.56 bits per heavy atom. The summed E-state index contributed by atoms with van der Waals surface area (Å²) in [5.41, 5.74) is 1.27. The third kappa shape index (κ3) is 3.09. The maximum absolute atomic E-state index is 5.57. The second-order valence-corrected chi connectivity index (χ2v) is 6.45. The highest BCUT2D eigenvalue weighted by Crippen LogP contribution is 2.47. The van der Waals surface area contributed by atoms with Crippen LogP contribution in [0, 0.1) is 0 Å². The summed E-state index contributed by atoms with van der Waals surface area (Å²) < 4.78 is 5.19. The van der Waals surface area contributed by atoms with E-state index in [1.54, 1.807) is 0 Å². The van der Waals surface area contributed by atoms with Crippen molar-refractivity contribution in [2.24, 2.45) is 0 Å². The molecule has 2 aromatic rings. The monoisotopic (exact) mass is 272 g/mol. The molecule has 2 aromatic carbocycles. The normalized spacial score (nSPS) is 11.2. The number of fused-ring (bicyclic) bond motifs is 1. The molecule has 0 aliphatic rings. The third-order valence-electron chi connectivity index (χ3n) is 2.44. The van der Waals surface area contributed by atoms with Gasteiger partial charge in [0.25, 0.3) is 0 Å². The summed E-state index contributed by atoms with van der Waals surface area (Å²) in [5.74, 6) is 0. The van der Waals surface area contributed by atoms with Gasteiger partial charge in [0.1, 0.15) is 0 Å². The largest absolute Gasteiger partial charge is 0.331 e. The van der Waals surface area contributed by atoms with E-state index in [9.17, 15) is 0 Å². The van der Waals surface area contributed by atoms with Crippen LogP contribution in [-0.4, -0.2) is 6.61 Å². The van der Waals surface area contributed by atoms with Gasteiger partial charge in [0.15, 0.2) is 0 Å². The van der Waals surface area contributed by atoms with Crippen molar-refractivity contribution in [2.45, 2.75) is 6.42 Å². The quantitative estimate of drug-likeness (QED) is 0.704. The van der Waals surface area contributed by atoms with E-state index in [0.29, 0.717) is 6.61 Å². The maximum atomic E-state index is 5.57. The van der Waals surface area contributed by atoms with Crippen molar-refractivity contribution in [1.29, 1.82) is 0 Å². The van der Waals surface area contributed by atoms with Crippen LogP contribution in [-0.2, 0) is 10.9 Å². The molecule has 0 atom stereocenters. The molecule has 0 radical (unpaired) electrons. The molecule has 0 amide bonds. The van der Waals surface area contributed by atoms with Gasteiger partial charge in [-0.3, -0.25) is 0 Å². The molecular weight excluding hydrogens is 262 g/mol.